The molecule has 3 nitrogen and oxygen atoms in total. The molecular formula is C13H21NO2S. The minimum atomic E-state index is -1.02. The maximum atomic E-state index is 12.1. The first kappa shape index (κ1) is 14.2. The van der Waals surface area contributed by atoms with Gasteiger partial charge in [-0.15, -0.1) is 0 Å². The summed E-state index contributed by atoms with van der Waals surface area (Å²) in [6, 6.07) is 5.46. The van der Waals surface area contributed by atoms with Crippen molar-refractivity contribution in [2.24, 2.45) is 0 Å². The minimum Gasteiger partial charge on any atom is -0.399 e. The number of hydrogen-bond acceptors (Lipinski definition) is 3. The fraction of sp³-hybridized carbons (Fsp3) is 0.538. The van der Waals surface area contributed by atoms with E-state index in [1.165, 1.54) is 0 Å². The normalized spacial score (nSPS) is 13.6. The van der Waals surface area contributed by atoms with E-state index in [4.69, 9.17) is 10.5 Å². The molecule has 0 heterocycles. The molecule has 0 fully saturated rings. The highest BCUT2D eigenvalue weighted by molar-refractivity contribution is 7.85. The average Bonchev–Trinajstić information content (AvgIpc) is 2.15. The lowest BCUT2D eigenvalue weighted by molar-refractivity contribution is 0.00669. The van der Waals surface area contributed by atoms with Crippen molar-refractivity contribution in [3.05, 3.63) is 23.8 Å². The van der Waals surface area contributed by atoms with Gasteiger partial charge in [0.1, 0.15) is 0 Å². The van der Waals surface area contributed by atoms with Crippen LogP contribution in [0, 0.1) is 6.92 Å². The fourth-order valence-electron chi connectivity index (χ4n) is 1.46. The molecule has 0 aliphatic carbocycles. The lowest BCUT2D eigenvalue weighted by Crippen LogP contribution is -2.22. The quantitative estimate of drug-likeness (QED) is 0.841. The average molecular weight is 255 g/mol. The van der Waals surface area contributed by atoms with Gasteiger partial charge in [-0.3, -0.25) is 4.21 Å². The van der Waals surface area contributed by atoms with Gasteiger partial charge >= 0.3 is 0 Å². The number of ether oxygens (including phenoxy) is 1. The highest BCUT2D eigenvalue weighted by Crippen LogP contribution is 2.17. The van der Waals surface area contributed by atoms with Crippen LogP contribution in [0.2, 0.25) is 0 Å². The SMILES string of the molecule is Cc1cc(N)ccc1S(=O)CCOC(C)(C)C. The van der Waals surface area contributed by atoms with E-state index in [0.29, 0.717) is 18.0 Å². The third-order valence-corrected chi connectivity index (χ3v) is 3.73. The summed E-state index contributed by atoms with van der Waals surface area (Å²) >= 11 is 0. The first-order chi connectivity index (χ1) is 7.79. The standard InChI is InChI=1S/C13H21NO2S/c1-10-9-11(14)5-6-12(10)17(15)8-7-16-13(2,3)4/h5-6,9H,7-8,14H2,1-4H3. The highest BCUT2D eigenvalue weighted by atomic mass is 32.2. The lowest BCUT2D eigenvalue weighted by Gasteiger charge is -2.19. The van der Waals surface area contributed by atoms with Crippen LogP contribution in [0.25, 0.3) is 0 Å². The van der Waals surface area contributed by atoms with Gasteiger partial charge in [-0.2, -0.15) is 0 Å². The lowest BCUT2D eigenvalue weighted by atomic mass is 10.2. The number of anilines is 1. The number of nitrogen functional groups attached to an aromatic ring is 1. The molecule has 0 saturated carbocycles. The molecule has 1 rings (SSSR count). The predicted octanol–water partition coefficient (Wildman–Crippen LogP) is 2.50. The zero-order valence-electron chi connectivity index (χ0n) is 10.9. The van der Waals surface area contributed by atoms with Crippen LogP contribution in [0.5, 0.6) is 0 Å². The molecular weight excluding hydrogens is 234 g/mol. The van der Waals surface area contributed by atoms with Crippen LogP contribution in [0.1, 0.15) is 26.3 Å². The molecule has 0 aromatic heterocycles. The second-order valence-corrected chi connectivity index (χ2v) is 6.57. The second-order valence-electron chi connectivity index (χ2n) is 5.04. The van der Waals surface area contributed by atoms with Crippen LogP contribution < -0.4 is 5.73 Å². The predicted molar refractivity (Wildman–Crippen MR) is 72.6 cm³/mol. The number of benzene rings is 1. The Kier molecular flexibility index (Phi) is 4.71. The van der Waals surface area contributed by atoms with Crippen molar-refractivity contribution in [2.75, 3.05) is 18.1 Å². The Hall–Kier alpha value is -0.870. The molecule has 0 spiro atoms. The fourth-order valence-corrected chi connectivity index (χ4v) is 2.55. The van der Waals surface area contributed by atoms with Gasteiger partial charge in [-0.25, -0.2) is 0 Å². The van der Waals surface area contributed by atoms with E-state index in [9.17, 15) is 4.21 Å². The molecule has 96 valence electrons. The first-order valence-corrected chi connectivity index (χ1v) is 7.00. The van der Waals surface area contributed by atoms with Crippen LogP contribution in [0.15, 0.2) is 23.1 Å². The number of aryl methyl sites for hydroxylation is 1. The van der Waals surface area contributed by atoms with Crippen molar-refractivity contribution in [3.63, 3.8) is 0 Å². The summed E-state index contributed by atoms with van der Waals surface area (Å²) in [4.78, 5) is 0.844. The van der Waals surface area contributed by atoms with Crippen LogP contribution in [0.4, 0.5) is 5.69 Å². The van der Waals surface area contributed by atoms with E-state index < -0.39 is 10.8 Å². The van der Waals surface area contributed by atoms with E-state index >= 15 is 0 Å². The summed E-state index contributed by atoms with van der Waals surface area (Å²) in [6.07, 6.45) is 0. The van der Waals surface area contributed by atoms with Gasteiger partial charge < -0.3 is 10.5 Å². The van der Waals surface area contributed by atoms with Gasteiger partial charge in [-0.1, -0.05) is 0 Å². The molecule has 0 aliphatic heterocycles. The Bertz CT molecular complexity index is 410. The van der Waals surface area contributed by atoms with E-state index in [2.05, 4.69) is 0 Å². The largest absolute Gasteiger partial charge is 0.399 e. The summed E-state index contributed by atoms with van der Waals surface area (Å²) in [5.41, 5.74) is 7.16. The molecule has 0 bridgehead atoms. The minimum absolute atomic E-state index is 0.180. The summed E-state index contributed by atoms with van der Waals surface area (Å²) in [6.45, 7) is 8.40. The molecule has 1 aromatic rings. The van der Waals surface area contributed by atoms with E-state index in [-0.39, 0.29) is 5.60 Å². The van der Waals surface area contributed by atoms with Crippen LogP contribution in [0.3, 0.4) is 0 Å². The molecule has 4 heteroatoms. The van der Waals surface area contributed by atoms with Crippen molar-refractivity contribution in [2.45, 2.75) is 38.2 Å². The molecule has 0 saturated heterocycles. The Labute approximate surface area is 106 Å². The van der Waals surface area contributed by atoms with Gasteiger partial charge in [0.05, 0.1) is 28.8 Å². The molecule has 1 unspecified atom stereocenters. The summed E-state index contributed by atoms with van der Waals surface area (Å²) in [7, 11) is -1.02. The van der Waals surface area contributed by atoms with E-state index in [1.54, 1.807) is 6.07 Å². The number of nitrogens with two attached hydrogens (primary N) is 1. The maximum Gasteiger partial charge on any atom is 0.0598 e. The van der Waals surface area contributed by atoms with Crippen molar-refractivity contribution < 1.29 is 8.95 Å². The molecule has 1 aromatic carbocycles. The van der Waals surface area contributed by atoms with Gasteiger partial charge in [0.2, 0.25) is 0 Å². The zero-order chi connectivity index (χ0) is 13.1. The molecule has 1 atom stereocenters. The van der Waals surface area contributed by atoms with Crippen LogP contribution >= 0.6 is 0 Å². The Morgan fingerprint density at radius 1 is 1.35 bits per heavy atom. The van der Waals surface area contributed by atoms with Crippen molar-refractivity contribution in [1.29, 1.82) is 0 Å². The first-order valence-electron chi connectivity index (χ1n) is 5.68. The van der Waals surface area contributed by atoms with Crippen molar-refractivity contribution in [1.82, 2.24) is 0 Å². The van der Waals surface area contributed by atoms with Gasteiger partial charge in [-0.05, 0) is 51.5 Å². The Balaban J connectivity index is 2.59. The summed E-state index contributed by atoms with van der Waals surface area (Å²) in [5, 5.41) is 0. The number of hydrogen-bond donors (Lipinski definition) is 1. The molecule has 0 aliphatic rings. The topological polar surface area (TPSA) is 52.3 Å². The van der Waals surface area contributed by atoms with Gasteiger partial charge in [0.15, 0.2) is 0 Å². The Morgan fingerprint density at radius 2 is 2.00 bits per heavy atom. The van der Waals surface area contributed by atoms with Gasteiger partial charge in [0, 0.05) is 10.6 Å². The summed E-state index contributed by atoms with van der Waals surface area (Å²) in [5.74, 6) is 0.516. The molecule has 17 heavy (non-hydrogen) atoms. The van der Waals surface area contributed by atoms with Gasteiger partial charge in [0.25, 0.3) is 0 Å². The van der Waals surface area contributed by atoms with Crippen LogP contribution in [-0.2, 0) is 15.5 Å². The second kappa shape index (κ2) is 5.65. The van der Waals surface area contributed by atoms with Crippen molar-refractivity contribution in [3.8, 4) is 0 Å². The van der Waals surface area contributed by atoms with E-state index in [1.807, 2.05) is 39.8 Å². The third-order valence-electron chi connectivity index (χ3n) is 2.25. The Morgan fingerprint density at radius 3 is 2.53 bits per heavy atom. The maximum absolute atomic E-state index is 12.1. The monoisotopic (exact) mass is 255 g/mol. The van der Waals surface area contributed by atoms with Crippen LogP contribution in [-0.4, -0.2) is 22.2 Å². The van der Waals surface area contributed by atoms with E-state index in [0.717, 1.165) is 10.5 Å². The molecule has 0 radical (unpaired) electrons. The molecule has 0 amide bonds. The number of rotatable bonds is 4. The summed E-state index contributed by atoms with van der Waals surface area (Å²) < 4.78 is 17.6. The smallest absolute Gasteiger partial charge is 0.0598 e. The third kappa shape index (κ3) is 4.88. The molecule has 2 N–H and O–H groups in total. The van der Waals surface area contributed by atoms with Crippen molar-refractivity contribution >= 4 is 16.5 Å². The zero-order valence-corrected chi connectivity index (χ0v) is 11.8. The highest BCUT2D eigenvalue weighted by Gasteiger charge is 2.12.